The summed E-state index contributed by atoms with van der Waals surface area (Å²) < 4.78 is 5.21. The molecular weight excluding hydrogens is 563 g/mol. The Bertz CT molecular complexity index is 2680. The second kappa shape index (κ2) is 8.94. The van der Waals surface area contributed by atoms with E-state index in [1.54, 1.807) is 0 Å². The molecule has 9 aromatic rings. The fourth-order valence-electron chi connectivity index (χ4n) is 8.20. The van der Waals surface area contributed by atoms with Crippen molar-refractivity contribution in [2.45, 2.75) is 19.3 Å². The molecule has 0 radical (unpaired) electrons. The molecule has 2 heterocycles. The van der Waals surface area contributed by atoms with E-state index in [1.807, 2.05) is 11.3 Å². The largest absolute Gasteiger partial charge is 0.308 e. The van der Waals surface area contributed by atoms with E-state index in [4.69, 9.17) is 0 Å². The number of benzene rings is 7. The Balaban J connectivity index is 1.33. The summed E-state index contributed by atoms with van der Waals surface area (Å²) in [5, 5.41) is 7.97. The lowest BCUT2D eigenvalue weighted by molar-refractivity contribution is 0.660. The summed E-state index contributed by atoms with van der Waals surface area (Å²) in [6.07, 6.45) is 0. The normalized spacial score (nSPS) is 13.7. The molecule has 7 aromatic carbocycles. The van der Waals surface area contributed by atoms with Crippen LogP contribution in [-0.4, -0.2) is 4.57 Å². The molecular formula is C43H29NS. The van der Waals surface area contributed by atoms with Crippen LogP contribution in [0.3, 0.4) is 0 Å². The number of hydrogen-bond acceptors (Lipinski definition) is 1. The smallest absolute Gasteiger partial charge is 0.0726 e. The molecule has 212 valence electrons. The van der Waals surface area contributed by atoms with Gasteiger partial charge in [-0.05, 0) is 68.4 Å². The Hall–Kier alpha value is -5.18. The van der Waals surface area contributed by atoms with E-state index in [-0.39, 0.29) is 5.41 Å². The van der Waals surface area contributed by atoms with Crippen LogP contribution >= 0.6 is 11.3 Å². The summed E-state index contributed by atoms with van der Waals surface area (Å²) in [5.74, 6) is 0. The maximum Gasteiger partial charge on any atom is 0.0726 e. The van der Waals surface area contributed by atoms with Crippen LogP contribution in [0.1, 0.15) is 25.0 Å². The lowest BCUT2D eigenvalue weighted by Gasteiger charge is -2.21. The molecule has 0 saturated heterocycles. The van der Waals surface area contributed by atoms with Gasteiger partial charge in [-0.15, -0.1) is 11.3 Å². The topological polar surface area (TPSA) is 4.93 Å². The van der Waals surface area contributed by atoms with Crippen molar-refractivity contribution in [1.82, 2.24) is 4.57 Å². The van der Waals surface area contributed by atoms with Crippen LogP contribution in [0, 0.1) is 0 Å². The molecule has 1 aliphatic rings. The number of fused-ring (bicyclic) bond motifs is 13. The molecule has 0 aliphatic heterocycles. The van der Waals surface area contributed by atoms with Crippen LogP contribution < -0.4 is 0 Å². The van der Waals surface area contributed by atoms with Crippen LogP contribution in [-0.2, 0) is 5.41 Å². The van der Waals surface area contributed by atoms with E-state index in [0.29, 0.717) is 0 Å². The van der Waals surface area contributed by atoms with Gasteiger partial charge in [-0.25, -0.2) is 0 Å². The van der Waals surface area contributed by atoms with E-state index in [9.17, 15) is 0 Å². The average Bonchev–Trinajstić information content (AvgIpc) is 3.72. The molecule has 2 heteroatoms. The van der Waals surface area contributed by atoms with E-state index in [1.165, 1.54) is 91.8 Å². The number of thiophene rings is 1. The zero-order valence-electron chi connectivity index (χ0n) is 25.1. The Kier molecular flexibility index (Phi) is 5.00. The third kappa shape index (κ3) is 3.27. The first-order chi connectivity index (χ1) is 22.1. The molecule has 0 saturated carbocycles. The molecule has 0 spiro atoms. The Morgan fingerprint density at radius 3 is 2.04 bits per heavy atom. The zero-order valence-corrected chi connectivity index (χ0v) is 26.0. The van der Waals surface area contributed by atoms with Gasteiger partial charge < -0.3 is 4.57 Å². The third-order valence-electron chi connectivity index (χ3n) is 10.2. The highest BCUT2D eigenvalue weighted by molar-refractivity contribution is 7.27. The molecule has 10 rings (SSSR count). The van der Waals surface area contributed by atoms with Crippen molar-refractivity contribution in [2.75, 3.05) is 0 Å². The van der Waals surface area contributed by atoms with Crippen molar-refractivity contribution < 1.29 is 0 Å². The molecule has 45 heavy (non-hydrogen) atoms. The monoisotopic (exact) mass is 591 g/mol. The number of para-hydroxylation sites is 1. The minimum absolute atomic E-state index is 0.0276. The van der Waals surface area contributed by atoms with Crippen LogP contribution in [0.25, 0.3) is 80.7 Å². The first-order valence-electron chi connectivity index (χ1n) is 15.7. The number of hydrogen-bond donors (Lipinski definition) is 0. The van der Waals surface area contributed by atoms with E-state index < -0.39 is 0 Å². The van der Waals surface area contributed by atoms with Crippen LogP contribution in [0.4, 0.5) is 0 Å². The minimum atomic E-state index is -0.0276. The van der Waals surface area contributed by atoms with Crippen LogP contribution in [0.2, 0.25) is 0 Å². The molecule has 0 bridgehead atoms. The summed E-state index contributed by atoms with van der Waals surface area (Å²) in [6, 6.07) is 51.8. The van der Waals surface area contributed by atoms with E-state index >= 15 is 0 Å². The number of aromatic nitrogens is 1. The summed E-state index contributed by atoms with van der Waals surface area (Å²) in [4.78, 5) is 0. The van der Waals surface area contributed by atoms with E-state index in [2.05, 4.69) is 158 Å². The number of rotatable bonds is 2. The highest BCUT2D eigenvalue weighted by Crippen LogP contribution is 2.52. The van der Waals surface area contributed by atoms with E-state index in [0.717, 1.165) is 0 Å². The van der Waals surface area contributed by atoms with Gasteiger partial charge in [0.1, 0.15) is 0 Å². The minimum Gasteiger partial charge on any atom is -0.308 e. The zero-order chi connectivity index (χ0) is 29.9. The van der Waals surface area contributed by atoms with Gasteiger partial charge in [-0.2, -0.15) is 0 Å². The fourth-order valence-corrected chi connectivity index (χ4v) is 9.46. The molecule has 1 aliphatic carbocycles. The summed E-state index contributed by atoms with van der Waals surface area (Å²) in [5.41, 5.74) is 11.8. The van der Waals surface area contributed by atoms with Gasteiger partial charge in [0, 0.05) is 37.3 Å². The molecule has 0 amide bonds. The first-order valence-corrected chi connectivity index (χ1v) is 16.5. The number of nitrogens with zero attached hydrogens (tertiary/aromatic N) is 1. The summed E-state index contributed by atoms with van der Waals surface area (Å²) in [7, 11) is 0. The summed E-state index contributed by atoms with van der Waals surface area (Å²) >= 11 is 1.92. The van der Waals surface area contributed by atoms with Crippen molar-refractivity contribution in [3.63, 3.8) is 0 Å². The quantitative estimate of drug-likeness (QED) is 0.188. The van der Waals surface area contributed by atoms with Crippen molar-refractivity contribution in [3.8, 4) is 27.9 Å². The molecule has 0 fully saturated rings. The van der Waals surface area contributed by atoms with Crippen molar-refractivity contribution in [3.05, 3.63) is 151 Å². The first kappa shape index (κ1) is 25.2. The molecule has 0 N–H and O–H groups in total. The molecule has 1 nitrogen and oxygen atoms in total. The molecule has 2 aromatic heterocycles. The van der Waals surface area contributed by atoms with Gasteiger partial charge >= 0.3 is 0 Å². The van der Waals surface area contributed by atoms with Crippen LogP contribution in [0.15, 0.2) is 140 Å². The average molecular weight is 592 g/mol. The third-order valence-corrected chi connectivity index (χ3v) is 11.4. The van der Waals surface area contributed by atoms with Crippen molar-refractivity contribution in [2.24, 2.45) is 0 Å². The van der Waals surface area contributed by atoms with Gasteiger partial charge in [-0.3, -0.25) is 0 Å². The highest BCUT2D eigenvalue weighted by atomic mass is 32.1. The Labute approximate surface area is 265 Å². The lowest BCUT2D eigenvalue weighted by Crippen LogP contribution is -2.14. The molecule has 0 atom stereocenters. The SMILES string of the molecule is CC1(C)c2ccccc2-c2c(-c3cccc(-n4c5ccccc5c5c6ccccc6c6c7ccccc7sc6c54)c3)cccc21. The standard InChI is InChI=1S/C43H29NS/c1-43(2)34-21-8-5-17-31(34)38-28(20-12-22-35(38)43)26-13-11-14-27(25-26)44-36-23-9-6-18-32(36)39-29-15-3-4-16-30(29)40-33-19-7-10-24-37(33)45-42(40)41(39)44/h3-25H,1-2H3. The maximum absolute atomic E-state index is 2.53. The summed E-state index contributed by atoms with van der Waals surface area (Å²) in [6.45, 7) is 4.72. The Morgan fingerprint density at radius 1 is 0.533 bits per heavy atom. The van der Waals surface area contributed by atoms with Crippen LogP contribution in [0.5, 0.6) is 0 Å². The fraction of sp³-hybridized carbons (Fsp3) is 0.0698. The predicted octanol–water partition coefficient (Wildman–Crippen LogP) is 12.3. The van der Waals surface area contributed by atoms with Crippen molar-refractivity contribution in [1.29, 1.82) is 0 Å². The van der Waals surface area contributed by atoms with Gasteiger partial charge in [0.15, 0.2) is 0 Å². The van der Waals surface area contributed by atoms with Gasteiger partial charge in [0.2, 0.25) is 0 Å². The highest BCUT2D eigenvalue weighted by Gasteiger charge is 2.36. The Morgan fingerprint density at radius 2 is 1.18 bits per heavy atom. The van der Waals surface area contributed by atoms with Gasteiger partial charge in [0.25, 0.3) is 0 Å². The second-order valence-electron chi connectivity index (χ2n) is 12.9. The predicted molar refractivity (Wildman–Crippen MR) is 194 cm³/mol. The lowest BCUT2D eigenvalue weighted by atomic mass is 9.82. The van der Waals surface area contributed by atoms with Crippen molar-refractivity contribution >= 4 is 64.1 Å². The van der Waals surface area contributed by atoms with Gasteiger partial charge in [0.05, 0.1) is 15.7 Å². The second-order valence-corrected chi connectivity index (χ2v) is 13.9. The maximum atomic E-state index is 2.53. The van der Waals surface area contributed by atoms with Gasteiger partial charge in [-0.1, -0.05) is 129 Å². The molecule has 0 unspecified atom stereocenters.